The first-order valence-electron chi connectivity index (χ1n) is 10.6. The Kier molecular flexibility index (Phi) is 7.89. The van der Waals surface area contributed by atoms with Gasteiger partial charge in [0.2, 0.25) is 5.82 Å². The summed E-state index contributed by atoms with van der Waals surface area (Å²) in [6.07, 6.45) is 0. The number of rotatable bonds is 6. The number of carbonyl (C=O) groups excluding carboxylic acids is 1. The standard InChI is InChI=1S/C24H18BrClF5N3O2/c25-13-1-4-15(5-2-13)36-12-18(35)32-14-3-6-17(16(26)11-14)33-7-9-34(10-8-33)24-22(30)20(28)19(27)21(29)23(24)31/h1-6,11H,7-10,12H2,(H,32,35). The minimum Gasteiger partial charge on any atom is -0.484 e. The van der Waals surface area contributed by atoms with E-state index < -0.39 is 40.7 Å². The van der Waals surface area contributed by atoms with Gasteiger partial charge in [0, 0.05) is 36.3 Å². The Morgan fingerprint density at radius 1 is 0.861 bits per heavy atom. The van der Waals surface area contributed by atoms with Crippen LogP contribution < -0.4 is 19.9 Å². The Bertz CT molecular complexity index is 1260. The maximum absolute atomic E-state index is 14.1. The number of hydrogen-bond donors (Lipinski definition) is 1. The first kappa shape index (κ1) is 26.0. The summed E-state index contributed by atoms with van der Waals surface area (Å²) in [7, 11) is 0. The molecule has 1 saturated heterocycles. The maximum Gasteiger partial charge on any atom is 0.262 e. The van der Waals surface area contributed by atoms with E-state index >= 15 is 0 Å². The molecule has 5 nitrogen and oxygen atoms in total. The molecule has 3 aromatic rings. The van der Waals surface area contributed by atoms with Crippen LogP contribution in [0, 0.1) is 29.1 Å². The second kappa shape index (κ2) is 10.9. The van der Waals surface area contributed by atoms with Gasteiger partial charge in [0.25, 0.3) is 5.91 Å². The molecule has 3 aromatic carbocycles. The second-order valence-electron chi connectivity index (χ2n) is 7.85. The molecule has 0 aromatic heterocycles. The molecular weight excluding hydrogens is 573 g/mol. The van der Waals surface area contributed by atoms with Crippen molar-refractivity contribution in [2.75, 3.05) is 47.9 Å². The molecule has 1 aliphatic rings. The van der Waals surface area contributed by atoms with Crippen LogP contribution in [-0.4, -0.2) is 38.7 Å². The van der Waals surface area contributed by atoms with Gasteiger partial charge >= 0.3 is 0 Å². The second-order valence-corrected chi connectivity index (χ2v) is 9.17. The van der Waals surface area contributed by atoms with E-state index in [1.807, 2.05) is 4.90 Å². The number of hydrogen-bond acceptors (Lipinski definition) is 4. The van der Waals surface area contributed by atoms with E-state index in [1.165, 1.54) is 0 Å². The first-order chi connectivity index (χ1) is 17.2. The van der Waals surface area contributed by atoms with Gasteiger partial charge in [-0.05, 0) is 42.5 Å². The Hall–Kier alpha value is -3.05. The molecule has 1 amide bonds. The van der Waals surface area contributed by atoms with Gasteiger partial charge in [-0.1, -0.05) is 27.5 Å². The molecule has 0 radical (unpaired) electrons. The van der Waals surface area contributed by atoms with Crippen LogP contribution in [0.25, 0.3) is 0 Å². The van der Waals surface area contributed by atoms with E-state index in [1.54, 1.807) is 42.5 Å². The van der Waals surface area contributed by atoms with Crippen LogP contribution in [0.3, 0.4) is 0 Å². The van der Waals surface area contributed by atoms with E-state index in [2.05, 4.69) is 21.2 Å². The molecular formula is C24H18BrClF5N3O2. The molecule has 1 N–H and O–H groups in total. The number of carbonyl (C=O) groups is 1. The summed E-state index contributed by atoms with van der Waals surface area (Å²) in [6, 6.07) is 11.9. The maximum atomic E-state index is 14.1. The van der Waals surface area contributed by atoms with Crippen LogP contribution in [-0.2, 0) is 4.79 Å². The number of halogens is 7. The van der Waals surface area contributed by atoms with Crippen molar-refractivity contribution in [2.24, 2.45) is 0 Å². The van der Waals surface area contributed by atoms with Crippen molar-refractivity contribution in [1.82, 2.24) is 0 Å². The van der Waals surface area contributed by atoms with Crippen LogP contribution in [0.4, 0.5) is 39.0 Å². The largest absolute Gasteiger partial charge is 0.484 e. The Morgan fingerprint density at radius 2 is 1.42 bits per heavy atom. The van der Waals surface area contributed by atoms with Crippen molar-refractivity contribution >= 4 is 50.5 Å². The summed E-state index contributed by atoms with van der Waals surface area (Å²) < 4.78 is 75.1. The van der Waals surface area contributed by atoms with Crippen LogP contribution in [0.2, 0.25) is 5.02 Å². The lowest BCUT2D eigenvalue weighted by atomic mass is 10.2. The minimum absolute atomic E-state index is 0.000560. The molecule has 0 saturated carbocycles. The van der Waals surface area contributed by atoms with Crippen LogP contribution in [0.1, 0.15) is 0 Å². The van der Waals surface area contributed by atoms with Crippen LogP contribution in [0.15, 0.2) is 46.9 Å². The topological polar surface area (TPSA) is 44.8 Å². The summed E-state index contributed by atoms with van der Waals surface area (Å²) in [5.41, 5.74) is 0.0894. The zero-order valence-corrected chi connectivity index (χ0v) is 20.8. The SMILES string of the molecule is O=C(COc1ccc(Br)cc1)Nc1ccc(N2CCN(c3c(F)c(F)c(F)c(F)c3F)CC2)c(Cl)c1. The zero-order chi connectivity index (χ0) is 26.0. The monoisotopic (exact) mass is 589 g/mol. The van der Waals surface area contributed by atoms with E-state index in [0.29, 0.717) is 22.1 Å². The predicted molar refractivity (Wildman–Crippen MR) is 130 cm³/mol. The van der Waals surface area contributed by atoms with Crippen molar-refractivity contribution in [1.29, 1.82) is 0 Å². The highest BCUT2D eigenvalue weighted by Gasteiger charge is 2.31. The number of benzene rings is 3. The predicted octanol–water partition coefficient (Wildman–Crippen LogP) is 6.14. The van der Waals surface area contributed by atoms with Gasteiger partial charge in [-0.15, -0.1) is 0 Å². The lowest BCUT2D eigenvalue weighted by Gasteiger charge is -2.38. The van der Waals surface area contributed by atoms with Crippen LogP contribution >= 0.6 is 27.5 Å². The summed E-state index contributed by atoms with van der Waals surface area (Å²) in [5, 5.41) is 2.99. The van der Waals surface area contributed by atoms with Crippen molar-refractivity contribution in [3.8, 4) is 5.75 Å². The minimum atomic E-state index is -2.19. The van der Waals surface area contributed by atoms with Gasteiger partial charge in [0.05, 0.1) is 10.7 Å². The smallest absolute Gasteiger partial charge is 0.262 e. The molecule has 0 aliphatic carbocycles. The van der Waals surface area contributed by atoms with Gasteiger partial charge in [-0.3, -0.25) is 4.79 Å². The number of amides is 1. The molecule has 0 bridgehead atoms. The normalized spacial score (nSPS) is 13.6. The summed E-state index contributed by atoms with van der Waals surface area (Å²) in [5.74, 6) is -9.72. The Morgan fingerprint density at radius 3 is 2.00 bits per heavy atom. The van der Waals surface area contributed by atoms with Crippen LogP contribution in [0.5, 0.6) is 5.75 Å². The molecule has 12 heteroatoms. The van der Waals surface area contributed by atoms with Crippen molar-refractivity contribution in [2.45, 2.75) is 0 Å². The van der Waals surface area contributed by atoms with Crippen molar-refractivity contribution < 1.29 is 31.5 Å². The molecule has 190 valence electrons. The number of nitrogens with one attached hydrogen (secondary N) is 1. The fourth-order valence-corrected chi connectivity index (χ4v) is 4.32. The van der Waals surface area contributed by atoms with Gasteiger partial charge < -0.3 is 19.9 Å². The Labute approximate surface area is 216 Å². The molecule has 1 heterocycles. The average Bonchev–Trinajstić information content (AvgIpc) is 2.87. The van der Waals surface area contributed by atoms with Gasteiger partial charge in [0.15, 0.2) is 29.9 Å². The fraction of sp³-hybridized carbons (Fsp3) is 0.208. The van der Waals surface area contributed by atoms with E-state index in [9.17, 15) is 26.7 Å². The van der Waals surface area contributed by atoms with Gasteiger partial charge in [-0.25, -0.2) is 22.0 Å². The number of anilines is 3. The molecule has 0 unspecified atom stereocenters. The molecule has 0 spiro atoms. The van der Waals surface area contributed by atoms with Crippen molar-refractivity contribution in [3.63, 3.8) is 0 Å². The quantitative estimate of drug-likeness (QED) is 0.213. The van der Waals surface area contributed by atoms with E-state index in [-0.39, 0.29) is 32.8 Å². The fourth-order valence-electron chi connectivity index (χ4n) is 3.76. The summed E-state index contributed by atoms with van der Waals surface area (Å²) in [6.45, 7) is 0.222. The Balaban J connectivity index is 1.37. The van der Waals surface area contributed by atoms with E-state index in [4.69, 9.17) is 16.3 Å². The van der Waals surface area contributed by atoms with Gasteiger partial charge in [0.1, 0.15) is 11.4 Å². The third-order valence-electron chi connectivity index (χ3n) is 5.54. The van der Waals surface area contributed by atoms with Gasteiger partial charge in [-0.2, -0.15) is 0 Å². The number of ether oxygens (including phenoxy) is 1. The highest BCUT2D eigenvalue weighted by atomic mass is 79.9. The first-order valence-corrected chi connectivity index (χ1v) is 11.8. The molecule has 0 atom stereocenters. The third-order valence-corrected chi connectivity index (χ3v) is 6.37. The zero-order valence-electron chi connectivity index (χ0n) is 18.4. The van der Waals surface area contributed by atoms with Crippen molar-refractivity contribution in [3.05, 3.63) is 81.0 Å². The lowest BCUT2D eigenvalue weighted by molar-refractivity contribution is -0.118. The molecule has 1 aliphatic heterocycles. The van der Waals surface area contributed by atoms with E-state index in [0.717, 1.165) is 9.37 Å². The highest BCUT2D eigenvalue weighted by Crippen LogP contribution is 2.33. The highest BCUT2D eigenvalue weighted by molar-refractivity contribution is 9.10. The summed E-state index contributed by atoms with van der Waals surface area (Å²) >= 11 is 9.71. The number of piperazine rings is 1. The molecule has 1 fully saturated rings. The lowest BCUT2D eigenvalue weighted by Crippen LogP contribution is -2.47. The summed E-state index contributed by atoms with van der Waals surface area (Å²) in [4.78, 5) is 15.1. The number of nitrogens with zero attached hydrogens (tertiary/aromatic N) is 2. The molecule has 4 rings (SSSR count). The molecule has 36 heavy (non-hydrogen) atoms. The average molecular weight is 591 g/mol. The third kappa shape index (κ3) is 5.52.